The summed E-state index contributed by atoms with van der Waals surface area (Å²) in [5.74, 6) is -0.512. The molecule has 0 aromatic heterocycles. The van der Waals surface area contributed by atoms with Gasteiger partial charge >= 0.3 is 5.97 Å². The number of benzene rings is 2. The summed E-state index contributed by atoms with van der Waals surface area (Å²) < 4.78 is 6.15. The summed E-state index contributed by atoms with van der Waals surface area (Å²) in [7, 11) is 0. The van der Waals surface area contributed by atoms with Crippen LogP contribution >= 0.6 is 15.9 Å². The molecule has 2 aromatic carbocycles. The number of aryl methyl sites for hydroxylation is 1. The third-order valence-electron chi connectivity index (χ3n) is 3.32. The maximum Gasteiger partial charge on any atom is 0.307 e. The van der Waals surface area contributed by atoms with E-state index in [1.807, 2.05) is 49.4 Å². The van der Waals surface area contributed by atoms with Crippen LogP contribution in [0.2, 0.25) is 0 Å². The highest BCUT2D eigenvalue weighted by Gasteiger charge is 2.09. The van der Waals surface area contributed by atoms with Crippen molar-refractivity contribution in [3.63, 3.8) is 0 Å². The van der Waals surface area contributed by atoms with Crippen molar-refractivity contribution in [2.24, 2.45) is 0 Å². The number of rotatable bonds is 6. The maximum atomic E-state index is 12.0. The van der Waals surface area contributed by atoms with Gasteiger partial charge in [0.25, 0.3) is 5.91 Å². The highest BCUT2D eigenvalue weighted by Crippen LogP contribution is 2.11. The topological polar surface area (TPSA) is 55.4 Å². The maximum absolute atomic E-state index is 12.0. The summed E-state index contributed by atoms with van der Waals surface area (Å²) in [6.07, 6.45) is 0.147. The summed E-state index contributed by atoms with van der Waals surface area (Å²) >= 11 is 3.35. The van der Waals surface area contributed by atoms with Crippen LogP contribution in [0.15, 0.2) is 53.0 Å². The number of hydrogen-bond acceptors (Lipinski definition) is 3. The van der Waals surface area contributed by atoms with Gasteiger partial charge in [-0.3, -0.25) is 9.59 Å². The zero-order chi connectivity index (χ0) is 16.7. The summed E-state index contributed by atoms with van der Waals surface area (Å²) in [4.78, 5) is 23.7. The van der Waals surface area contributed by atoms with E-state index in [-0.39, 0.29) is 31.4 Å². The molecular weight excluding hydrogens is 358 g/mol. The monoisotopic (exact) mass is 375 g/mol. The molecule has 0 atom stereocenters. The fourth-order valence-electron chi connectivity index (χ4n) is 2.02. The van der Waals surface area contributed by atoms with Crippen LogP contribution in [0, 0.1) is 6.92 Å². The molecule has 0 aliphatic carbocycles. The van der Waals surface area contributed by atoms with Crippen LogP contribution in [0.4, 0.5) is 0 Å². The van der Waals surface area contributed by atoms with Crippen LogP contribution < -0.4 is 5.32 Å². The molecule has 4 nitrogen and oxygen atoms in total. The predicted octanol–water partition coefficient (Wildman–Crippen LogP) is 3.62. The van der Waals surface area contributed by atoms with Crippen LogP contribution in [0.5, 0.6) is 0 Å². The number of carbonyl (C=O) groups excluding carboxylic acids is 2. The first-order valence-electron chi connectivity index (χ1n) is 7.30. The lowest BCUT2D eigenvalue weighted by molar-refractivity contribution is -0.144. The fourth-order valence-corrected chi connectivity index (χ4v) is 2.28. The molecule has 0 fully saturated rings. The van der Waals surface area contributed by atoms with Crippen LogP contribution in [0.3, 0.4) is 0 Å². The van der Waals surface area contributed by atoms with Crippen molar-refractivity contribution in [1.29, 1.82) is 0 Å². The smallest absolute Gasteiger partial charge is 0.307 e. The molecular formula is C18H18BrNO3. The van der Waals surface area contributed by atoms with Crippen molar-refractivity contribution >= 4 is 27.8 Å². The molecule has 2 aromatic rings. The minimum absolute atomic E-state index is 0.147. The summed E-state index contributed by atoms with van der Waals surface area (Å²) in [6, 6.07) is 14.9. The Morgan fingerprint density at radius 1 is 1.09 bits per heavy atom. The van der Waals surface area contributed by atoms with E-state index in [0.29, 0.717) is 5.56 Å². The molecule has 5 heteroatoms. The average Bonchev–Trinajstić information content (AvgIpc) is 2.54. The van der Waals surface area contributed by atoms with Gasteiger partial charge in [0.15, 0.2) is 0 Å². The molecule has 1 amide bonds. The van der Waals surface area contributed by atoms with Gasteiger partial charge in [-0.1, -0.05) is 46.3 Å². The van der Waals surface area contributed by atoms with Crippen LogP contribution in [-0.2, 0) is 16.1 Å². The fraction of sp³-hybridized carbons (Fsp3) is 0.222. The first-order chi connectivity index (χ1) is 11.1. The summed E-state index contributed by atoms with van der Waals surface area (Å²) in [5.41, 5.74) is 2.45. The molecule has 2 rings (SSSR count). The number of esters is 1. The molecule has 0 bridgehead atoms. The van der Waals surface area contributed by atoms with E-state index in [0.717, 1.165) is 15.6 Å². The van der Waals surface area contributed by atoms with E-state index >= 15 is 0 Å². The Labute approximate surface area is 144 Å². The molecule has 0 unspecified atom stereocenters. The van der Waals surface area contributed by atoms with Gasteiger partial charge in [-0.2, -0.15) is 0 Å². The highest BCUT2D eigenvalue weighted by molar-refractivity contribution is 9.10. The van der Waals surface area contributed by atoms with Crippen molar-refractivity contribution in [1.82, 2.24) is 5.32 Å². The van der Waals surface area contributed by atoms with E-state index in [1.165, 1.54) is 0 Å². The van der Waals surface area contributed by atoms with Crippen LogP contribution in [0.1, 0.15) is 27.9 Å². The molecule has 0 heterocycles. The Bertz CT molecular complexity index is 683. The van der Waals surface area contributed by atoms with Gasteiger partial charge in [-0.05, 0) is 36.2 Å². The lowest BCUT2D eigenvalue weighted by Crippen LogP contribution is -2.27. The summed E-state index contributed by atoms with van der Waals surface area (Å²) in [6.45, 7) is 2.37. The predicted molar refractivity (Wildman–Crippen MR) is 92.1 cm³/mol. The van der Waals surface area contributed by atoms with Gasteiger partial charge in [0, 0.05) is 16.6 Å². The van der Waals surface area contributed by atoms with Gasteiger partial charge in [-0.25, -0.2) is 0 Å². The van der Waals surface area contributed by atoms with E-state index in [4.69, 9.17) is 4.74 Å². The van der Waals surface area contributed by atoms with Crippen molar-refractivity contribution in [3.05, 3.63) is 69.7 Å². The zero-order valence-electron chi connectivity index (χ0n) is 12.8. The van der Waals surface area contributed by atoms with Gasteiger partial charge < -0.3 is 10.1 Å². The molecule has 0 radical (unpaired) electrons. The molecule has 23 heavy (non-hydrogen) atoms. The lowest BCUT2D eigenvalue weighted by atomic mass is 10.1. The number of carbonyl (C=O) groups is 2. The second-order valence-corrected chi connectivity index (χ2v) is 6.02. The molecule has 0 saturated carbocycles. The molecule has 120 valence electrons. The molecule has 0 aliphatic heterocycles. The Morgan fingerprint density at radius 2 is 1.78 bits per heavy atom. The minimum Gasteiger partial charge on any atom is -0.461 e. The summed E-state index contributed by atoms with van der Waals surface area (Å²) in [5, 5.41) is 2.73. The van der Waals surface area contributed by atoms with Gasteiger partial charge in [0.2, 0.25) is 0 Å². The van der Waals surface area contributed by atoms with E-state index in [9.17, 15) is 9.59 Å². The van der Waals surface area contributed by atoms with E-state index < -0.39 is 0 Å². The second-order valence-electron chi connectivity index (χ2n) is 5.11. The third-order valence-corrected chi connectivity index (χ3v) is 3.85. The zero-order valence-corrected chi connectivity index (χ0v) is 14.4. The lowest BCUT2D eigenvalue weighted by Gasteiger charge is -2.08. The molecule has 0 aliphatic rings. The van der Waals surface area contributed by atoms with Gasteiger partial charge in [0.1, 0.15) is 6.61 Å². The third kappa shape index (κ3) is 5.53. The van der Waals surface area contributed by atoms with Crippen molar-refractivity contribution in [3.8, 4) is 0 Å². The van der Waals surface area contributed by atoms with Gasteiger partial charge in [0.05, 0.1) is 6.42 Å². The van der Waals surface area contributed by atoms with Crippen molar-refractivity contribution in [2.75, 3.05) is 6.54 Å². The Kier molecular flexibility index (Phi) is 6.35. The van der Waals surface area contributed by atoms with Crippen molar-refractivity contribution < 1.29 is 14.3 Å². The van der Waals surface area contributed by atoms with Gasteiger partial charge in [-0.15, -0.1) is 0 Å². The Balaban J connectivity index is 1.71. The standard InChI is InChI=1S/C18H18BrNO3/c1-13-4-2-3-5-16(13)18(22)20-11-10-17(21)23-12-14-6-8-15(19)9-7-14/h2-9H,10-12H2,1H3,(H,20,22). The normalized spacial score (nSPS) is 10.2. The number of ether oxygens (including phenoxy) is 1. The number of nitrogens with one attached hydrogen (secondary N) is 1. The number of amides is 1. The molecule has 0 spiro atoms. The SMILES string of the molecule is Cc1ccccc1C(=O)NCCC(=O)OCc1ccc(Br)cc1. The van der Waals surface area contributed by atoms with Crippen molar-refractivity contribution in [2.45, 2.75) is 20.0 Å². The van der Waals surface area contributed by atoms with Crippen LogP contribution in [-0.4, -0.2) is 18.4 Å². The first-order valence-corrected chi connectivity index (χ1v) is 8.09. The average molecular weight is 376 g/mol. The quantitative estimate of drug-likeness (QED) is 0.784. The molecule has 1 N–H and O–H groups in total. The minimum atomic E-state index is -0.335. The first kappa shape index (κ1) is 17.2. The molecule has 0 saturated heterocycles. The Hall–Kier alpha value is -2.14. The second kappa shape index (κ2) is 8.48. The van der Waals surface area contributed by atoms with E-state index in [2.05, 4.69) is 21.2 Å². The highest BCUT2D eigenvalue weighted by atomic mass is 79.9. The van der Waals surface area contributed by atoms with E-state index in [1.54, 1.807) is 6.07 Å². The number of hydrogen-bond donors (Lipinski definition) is 1. The van der Waals surface area contributed by atoms with Crippen LogP contribution in [0.25, 0.3) is 0 Å². The largest absolute Gasteiger partial charge is 0.461 e. The Morgan fingerprint density at radius 3 is 2.48 bits per heavy atom. The number of halogens is 1.